The Labute approximate surface area is 144 Å². The normalized spacial score (nSPS) is 11.3. The Morgan fingerprint density at radius 2 is 1.92 bits per heavy atom. The average molecular weight is 346 g/mol. The van der Waals surface area contributed by atoms with E-state index in [2.05, 4.69) is 9.88 Å². The van der Waals surface area contributed by atoms with Crippen molar-refractivity contribution in [1.29, 1.82) is 0 Å². The molecule has 2 aromatic heterocycles. The highest BCUT2D eigenvalue weighted by molar-refractivity contribution is 6.30. The van der Waals surface area contributed by atoms with Crippen molar-refractivity contribution in [3.8, 4) is 0 Å². The topological polar surface area (TPSA) is 37.6 Å². The first-order valence-electron chi connectivity index (χ1n) is 7.70. The van der Waals surface area contributed by atoms with Crippen LogP contribution in [0.3, 0.4) is 0 Å². The molecule has 0 spiro atoms. The molecule has 0 radical (unpaired) electrons. The molecule has 1 aromatic carbocycles. The maximum absolute atomic E-state index is 13.0. The van der Waals surface area contributed by atoms with E-state index in [1.54, 1.807) is 30.5 Å². The van der Waals surface area contributed by atoms with Gasteiger partial charge in [0, 0.05) is 25.4 Å². The standard InChI is InChI=1S/C18H17ClFN3O/c1-2-22(10-13-3-6-15(20)7-4-13)12-16-9-18(24)23-11-14(19)5-8-17(23)21-16/h3-9,11H,2,10,12H2,1H3. The molecule has 0 fully saturated rings. The first-order chi connectivity index (χ1) is 11.5. The summed E-state index contributed by atoms with van der Waals surface area (Å²) in [6, 6.07) is 11.4. The smallest absolute Gasteiger partial charge is 0.258 e. The molecule has 2 heterocycles. The van der Waals surface area contributed by atoms with Crippen molar-refractivity contribution in [2.24, 2.45) is 0 Å². The minimum absolute atomic E-state index is 0.157. The van der Waals surface area contributed by atoms with Crippen LogP contribution in [-0.2, 0) is 13.1 Å². The molecule has 0 aliphatic heterocycles. The van der Waals surface area contributed by atoms with Crippen molar-refractivity contribution in [3.05, 3.63) is 81.1 Å². The third-order valence-electron chi connectivity index (χ3n) is 3.83. The van der Waals surface area contributed by atoms with Crippen molar-refractivity contribution in [2.75, 3.05) is 6.54 Å². The van der Waals surface area contributed by atoms with Gasteiger partial charge in [0.05, 0.1) is 10.7 Å². The van der Waals surface area contributed by atoms with E-state index in [4.69, 9.17) is 11.6 Å². The number of nitrogens with zero attached hydrogens (tertiary/aromatic N) is 3. The van der Waals surface area contributed by atoms with Gasteiger partial charge in [0.2, 0.25) is 0 Å². The Balaban J connectivity index is 1.83. The Hall–Kier alpha value is -2.24. The average Bonchev–Trinajstić information content (AvgIpc) is 2.57. The molecule has 0 aliphatic carbocycles. The largest absolute Gasteiger partial charge is 0.294 e. The fourth-order valence-electron chi connectivity index (χ4n) is 2.56. The molecule has 0 N–H and O–H groups in total. The number of hydrogen-bond acceptors (Lipinski definition) is 3. The van der Waals surface area contributed by atoms with E-state index in [1.165, 1.54) is 22.6 Å². The van der Waals surface area contributed by atoms with Crippen molar-refractivity contribution in [1.82, 2.24) is 14.3 Å². The number of aromatic nitrogens is 2. The van der Waals surface area contributed by atoms with Crippen LogP contribution in [0.5, 0.6) is 0 Å². The molecule has 0 amide bonds. The van der Waals surface area contributed by atoms with Gasteiger partial charge in [-0.25, -0.2) is 9.37 Å². The second-order valence-electron chi connectivity index (χ2n) is 5.59. The third-order valence-corrected chi connectivity index (χ3v) is 4.05. The maximum atomic E-state index is 13.0. The zero-order valence-corrected chi connectivity index (χ0v) is 14.0. The lowest BCUT2D eigenvalue weighted by molar-refractivity contribution is 0.268. The lowest BCUT2D eigenvalue weighted by atomic mass is 10.2. The molecule has 0 saturated heterocycles. The monoisotopic (exact) mass is 345 g/mol. The molecule has 6 heteroatoms. The molecule has 0 bridgehead atoms. The van der Waals surface area contributed by atoms with E-state index < -0.39 is 0 Å². The molecule has 3 rings (SSSR count). The van der Waals surface area contributed by atoms with Crippen molar-refractivity contribution < 1.29 is 4.39 Å². The number of fused-ring (bicyclic) bond motifs is 1. The second-order valence-corrected chi connectivity index (χ2v) is 6.03. The van der Waals surface area contributed by atoms with E-state index in [1.807, 2.05) is 6.92 Å². The molecule has 0 unspecified atom stereocenters. The summed E-state index contributed by atoms with van der Waals surface area (Å²) in [5.74, 6) is -0.246. The van der Waals surface area contributed by atoms with Gasteiger partial charge < -0.3 is 0 Å². The number of rotatable bonds is 5. The van der Waals surface area contributed by atoms with Crippen LogP contribution in [0.1, 0.15) is 18.2 Å². The van der Waals surface area contributed by atoms with Gasteiger partial charge in [-0.2, -0.15) is 0 Å². The first kappa shape index (κ1) is 16.6. The third kappa shape index (κ3) is 3.80. The molecule has 24 heavy (non-hydrogen) atoms. The quantitative estimate of drug-likeness (QED) is 0.710. The predicted octanol–water partition coefficient (Wildman–Crippen LogP) is 3.51. The Kier molecular flexibility index (Phi) is 4.92. The SMILES string of the molecule is CCN(Cc1ccc(F)cc1)Cc1cc(=O)n2cc(Cl)ccc2n1. The second kappa shape index (κ2) is 7.11. The summed E-state index contributed by atoms with van der Waals surface area (Å²) in [6.45, 7) is 4.04. The minimum atomic E-state index is -0.246. The van der Waals surface area contributed by atoms with Gasteiger partial charge in [0.15, 0.2) is 0 Å². The fraction of sp³-hybridized carbons (Fsp3) is 0.222. The van der Waals surface area contributed by atoms with Crippen molar-refractivity contribution in [2.45, 2.75) is 20.0 Å². The Morgan fingerprint density at radius 3 is 2.62 bits per heavy atom. The molecule has 0 atom stereocenters. The summed E-state index contributed by atoms with van der Waals surface area (Å²) in [4.78, 5) is 18.9. The van der Waals surface area contributed by atoms with E-state index in [0.29, 0.717) is 29.5 Å². The number of hydrogen-bond donors (Lipinski definition) is 0. The Morgan fingerprint density at radius 1 is 1.17 bits per heavy atom. The summed E-state index contributed by atoms with van der Waals surface area (Å²) in [5, 5.41) is 0.491. The lowest BCUT2D eigenvalue weighted by Gasteiger charge is -2.20. The molecule has 4 nitrogen and oxygen atoms in total. The summed E-state index contributed by atoms with van der Waals surface area (Å²) in [6.07, 6.45) is 1.56. The zero-order valence-electron chi connectivity index (χ0n) is 13.2. The van der Waals surface area contributed by atoms with Crippen LogP contribution in [0.4, 0.5) is 4.39 Å². The van der Waals surface area contributed by atoms with Gasteiger partial charge in [0.25, 0.3) is 5.56 Å². The van der Waals surface area contributed by atoms with Gasteiger partial charge >= 0.3 is 0 Å². The Bertz CT molecular complexity index is 908. The van der Waals surface area contributed by atoms with Gasteiger partial charge in [-0.15, -0.1) is 0 Å². The lowest BCUT2D eigenvalue weighted by Crippen LogP contribution is -2.25. The number of halogens is 2. The van der Waals surface area contributed by atoms with Crippen LogP contribution < -0.4 is 5.56 Å². The van der Waals surface area contributed by atoms with Crippen LogP contribution >= 0.6 is 11.6 Å². The van der Waals surface area contributed by atoms with Crippen molar-refractivity contribution in [3.63, 3.8) is 0 Å². The molecule has 124 valence electrons. The molecular weight excluding hydrogens is 329 g/mol. The van der Waals surface area contributed by atoms with Crippen LogP contribution in [-0.4, -0.2) is 20.8 Å². The summed E-state index contributed by atoms with van der Waals surface area (Å²) in [7, 11) is 0. The highest BCUT2D eigenvalue weighted by atomic mass is 35.5. The van der Waals surface area contributed by atoms with Crippen LogP contribution in [0.15, 0.2) is 53.5 Å². The van der Waals surface area contributed by atoms with Gasteiger partial charge in [-0.1, -0.05) is 30.7 Å². The van der Waals surface area contributed by atoms with E-state index in [0.717, 1.165) is 12.1 Å². The van der Waals surface area contributed by atoms with E-state index in [9.17, 15) is 9.18 Å². The van der Waals surface area contributed by atoms with Crippen LogP contribution in [0.2, 0.25) is 5.02 Å². The summed E-state index contributed by atoms with van der Waals surface area (Å²) in [5.41, 5.74) is 2.13. The van der Waals surface area contributed by atoms with Gasteiger partial charge in [-0.05, 0) is 36.4 Å². The first-order valence-corrected chi connectivity index (χ1v) is 8.07. The molecule has 3 aromatic rings. The molecular formula is C18H17ClFN3O. The summed E-state index contributed by atoms with van der Waals surface area (Å²) >= 11 is 5.92. The van der Waals surface area contributed by atoms with Crippen molar-refractivity contribution >= 4 is 17.2 Å². The maximum Gasteiger partial charge on any atom is 0.258 e. The fourth-order valence-corrected chi connectivity index (χ4v) is 2.72. The van der Waals surface area contributed by atoms with E-state index >= 15 is 0 Å². The van der Waals surface area contributed by atoms with Crippen LogP contribution in [0, 0.1) is 5.82 Å². The highest BCUT2D eigenvalue weighted by Crippen LogP contribution is 2.11. The highest BCUT2D eigenvalue weighted by Gasteiger charge is 2.09. The van der Waals surface area contributed by atoms with Gasteiger partial charge in [0.1, 0.15) is 11.5 Å². The number of benzene rings is 1. The summed E-state index contributed by atoms with van der Waals surface area (Å²) < 4.78 is 14.4. The minimum Gasteiger partial charge on any atom is -0.294 e. The van der Waals surface area contributed by atoms with Crippen LogP contribution in [0.25, 0.3) is 5.65 Å². The van der Waals surface area contributed by atoms with E-state index in [-0.39, 0.29) is 11.4 Å². The molecule has 0 aliphatic rings. The number of pyridine rings is 1. The van der Waals surface area contributed by atoms with Gasteiger partial charge in [-0.3, -0.25) is 14.1 Å². The molecule has 0 saturated carbocycles. The predicted molar refractivity (Wildman–Crippen MR) is 92.7 cm³/mol. The zero-order chi connectivity index (χ0) is 17.1.